The lowest BCUT2D eigenvalue weighted by Gasteiger charge is -2.20. The highest BCUT2D eigenvalue weighted by molar-refractivity contribution is 5.76. The van der Waals surface area contributed by atoms with Gasteiger partial charge in [0, 0.05) is 26.0 Å². The summed E-state index contributed by atoms with van der Waals surface area (Å²) in [7, 11) is 0. The monoisotopic (exact) mass is 498 g/mol. The van der Waals surface area contributed by atoms with E-state index in [0.717, 1.165) is 32.1 Å². The van der Waals surface area contributed by atoms with Crippen molar-refractivity contribution in [3.63, 3.8) is 0 Å². The van der Waals surface area contributed by atoms with Crippen LogP contribution in [0.1, 0.15) is 143 Å². The molecule has 3 N–H and O–H groups in total. The highest BCUT2D eigenvalue weighted by Gasteiger charge is 2.13. The largest absolute Gasteiger partial charge is 0.394 e. The maximum absolute atomic E-state index is 12.2. The van der Waals surface area contributed by atoms with Crippen LogP contribution < -0.4 is 10.6 Å². The first kappa shape index (κ1) is 33.9. The van der Waals surface area contributed by atoms with Gasteiger partial charge in [-0.25, -0.2) is 0 Å². The normalized spacial score (nSPS) is 12.9. The van der Waals surface area contributed by atoms with E-state index in [1.807, 2.05) is 0 Å². The fraction of sp³-hybridized carbons (Fsp3) is 0.931. The third-order valence-electron chi connectivity index (χ3n) is 6.59. The number of nitrogens with one attached hydrogen (secondary N) is 2. The first-order valence-corrected chi connectivity index (χ1v) is 14.8. The lowest BCUT2D eigenvalue weighted by Crippen LogP contribution is -2.41. The Bertz CT molecular complexity index is 487. The van der Waals surface area contributed by atoms with E-state index in [-0.39, 0.29) is 30.5 Å². The van der Waals surface area contributed by atoms with Crippen LogP contribution in [0.3, 0.4) is 0 Å². The van der Waals surface area contributed by atoms with E-state index < -0.39 is 0 Å². The Morgan fingerprint density at radius 1 is 0.686 bits per heavy atom. The third-order valence-corrected chi connectivity index (χ3v) is 6.59. The second kappa shape index (κ2) is 25.9. The van der Waals surface area contributed by atoms with E-state index in [1.54, 1.807) is 6.92 Å². The first-order valence-electron chi connectivity index (χ1n) is 14.8. The molecule has 0 aromatic rings. The van der Waals surface area contributed by atoms with Crippen LogP contribution in [-0.2, 0) is 14.3 Å². The molecule has 0 unspecified atom stereocenters. The van der Waals surface area contributed by atoms with Gasteiger partial charge in [-0.05, 0) is 19.3 Å². The maximum atomic E-state index is 12.2. The molecule has 0 aromatic carbocycles. The fourth-order valence-corrected chi connectivity index (χ4v) is 4.41. The molecule has 0 aromatic heterocycles. The molecule has 2 amide bonds. The number of unbranched alkanes of at least 4 members (excludes halogenated alkanes) is 14. The lowest BCUT2D eigenvalue weighted by molar-refractivity contribution is -0.123. The molecule has 0 spiro atoms. The van der Waals surface area contributed by atoms with Crippen molar-refractivity contribution in [1.29, 1.82) is 0 Å². The van der Waals surface area contributed by atoms with Crippen molar-refractivity contribution < 1.29 is 19.4 Å². The van der Waals surface area contributed by atoms with Gasteiger partial charge in [0.05, 0.1) is 19.3 Å². The number of carbonyl (C=O) groups excluding carboxylic acids is 2. The number of hydrogen-bond acceptors (Lipinski definition) is 4. The van der Waals surface area contributed by atoms with Crippen LogP contribution in [0, 0.1) is 0 Å². The molecule has 0 aliphatic heterocycles. The van der Waals surface area contributed by atoms with Crippen molar-refractivity contribution in [2.24, 2.45) is 0 Å². The number of hydrogen-bond donors (Lipinski definition) is 3. The predicted molar refractivity (Wildman–Crippen MR) is 147 cm³/mol. The van der Waals surface area contributed by atoms with Gasteiger partial charge in [0.15, 0.2) is 0 Å². The van der Waals surface area contributed by atoms with Gasteiger partial charge in [-0.15, -0.1) is 0 Å². The number of amides is 2. The minimum absolute atomic E-state index is 0.00761. The summed E-state index contributed by atoms with van der Waals surface area (Å²) < 4.78 is 5.73. The Labute approximate surface area is 216 Å². The maximum Gasteiger partial charge on any atom is 0.220 e. The van der Waals surface area contributed by atoms with Crippen molar-refractivity contribution in [2.45, 2.75) is 155 Å². The molecule has 6 heteroatoms. The topological polar surface area (TPSA) is 87.7 Å². The zero-order valence-electron chi connectivity index (χ0n) is 23.4. The molecule has 0 fully saturated rings. The van der Waals surface area contributed by atoms with Gasteiger partial charge in [0.25, 0.3) is 0 Å². The van der Waals surface area contributed by atoms with Crippen molar-refractivity contribution >= 4 is 11.8 Å². The van der Waals surface area contributed by atoms with E-state index in [2.05, 4.69) is 24.5 Å². The molecule has 0 saturated carbocycles. The van der Waals surface area contributed by atoms with Crippen molar-refractivity contribution in [1.82, 2.24) is 10.6 Å². The molecule has 0 saturated heterocycles. The minimum atomic E-state index is -0.372. The smallest absolute Gasteiger partial charge is 0.220 e. The SMILES string of the molecule is CCCCCCCCCCCCCC(=O)N[C@@H](CO)COCC[C@H](CCCCCCC)NC(C)=O. The summed E-state index contributed by atoms with van der Waals surface area (Å²) in [5, 5.41) is 15.5. The molecule has 0 aliphatic rings. The summed E-state index contributed by atoms with van der Waals surface area (Å²) in [6, 6.07) is -0.249. The van der Waals surface area contributed by atoms with Crippen LogP contribution >= 0.6 is 0 Å². The zero-order valence-corrected chi connectivity index (χ0v) is 23.4. The van der Waals surface area contributed by atoms with Gasteiger partial charge < -0.3 is 20.5 Å². The second-order valence-electron chi connectivity index (χ2n) is 10.2. The quantitative estimate of drug-likeness (QED) is 0.120. The standard InChI is InChI=1S/C29H58N2O4/c1-4-6-8-10-11-12-13-14-15-17-19-21-29(34)31-28(24-32)25-35-23-22-27(30-26(3)33)20-18-16-9-7-5-2/h27-28,32H,4-25H2,1-3H3,(H,30,33)(H,31,34)/t27-,28-/m0/s1. The van der Waals surface area contributed by atoms with Gasteiger partial charge in [-0.3, -0.25) is 9.59 Å². The summed E-state index contributed by atoms with van der Waals surface area (Å²) in [4.78, 5) is 23.7. The van der Waals surface area contributed by atoms with Crippen molar-refractivity contribution in [3.05, 3.63) is 0 Å². The van der Waals surface area contributed by atoms with Crippen LogP contribution in [0.5, 0.6) is 0 Å². The van der Waals surface area contributed by atoms with Crippen LogP contribution in [0.4, 0.5) is 0 Å². The Hall–Kier alpha value is -1.14. The van der Waals surface area contributed by atoms with Gasteiger partial charge in [0.1, 0.15) is 0 Å². The molecule has 2 atom stereocenters. The molecule has 0 aliphatic carbocycles. The Morgan fingerprint density at radius 3 is 1.71 bits per heavy atom. The summed E-state index contributed by atoms with van der Waals surface area (Å²) in [6.07, 6.45) is 22.2. The van der Waals surface area contributed by atoms with Crippen molar-refractivity contribution in [2.75, 3.05) is 19.8 Å². The Kier molecular flexibility index (Phi) is 25.1. The van der Waals surface area contributed by atoms with Gasteiger partial charge in [-0.1, -0.05) is 110 Å². The average Bonchev–Trinajstić information content (AvgIpc) is 2.83. The molecule has 35 heavy (non-hydrogen) atoms. The van der Waals surface area contributed by atoms with E-state index in [1.165, 1.54) is 83.5 Å². The van der Waals surface area contributed by atoms with Gasteiger partial charge in [-0.2, -0.15) is 0 Å². The number of aliphatic hydroxyl groups is 1. The Balaban J connectivity index is 3.84. The molecular formula is C29H58N2O4. The summed E-state index contributed by atoms with van der Waals surface area (Å²) >= 11 is 0. The van der Waals surface area contributed by atoms with Crippen molar-refractivity contribution in [3.8, 4) is 0 Å². The van der Waals surface area contributed by atoms with E-state index in [4.69, 9.17) is 4.74 Å². The van der Waals surface area contributed by atoms with Crippen LogP contribution in [0.2, 0.25) is 0 Å². The third kappa shape index (κ3) is 24.3. The highest BCUT2D eigenvalue weighted by Crippen LogP contribution is 2.12. The van der Waals surface area contributed by atoms with Crippen LogP contribution in [-0.4, -0.2) is 48.8 Å². The molecule has 0 rings (SSSR count). The Morgan fingerprint density at radius 2 is 1.20 bits per heavy atom. The van der Waals surface area contributed by atoms with Crippen LogP contribution in [0.25, 0.3) is 0 Å². The molecule has 0 heterocycles. The number of carbonyl (C=O) groups is 2. The lowest BCUT2D eigenvalue weighted by atomic mass is 10.0. The summed E-state index contributed by atoms with van der Waals surface area (Å²) in [5.74, 6) is -0.0155. The minimum Gasteiger partial charge on any atom is -0.394 e. The molecular weight excluding hydrogens is 440 g/mol. The summed E-state index contributed by atoms with van der Waals surface area (Å²) in [6.45, 7) is 6.68. The predicted octanol–water partition coefficient (Wildman–Crippen LogP) is 6.44. The summed E-state index contributed by atoms with van der Waals surface area (Å²) in [5.41, 5.74) is 0. The first-order chi connectivity index (χ1) is 17.0. The van der Waals surface area contributed by atoms with E-state index >= 15 is 0 Å². The number of rotatable bonds is 26. The number of aliphatic hydroxyl groups excluding tert-OH is 1. The molecule has 6 nitrogen and oxygen atoms in total. The highest BCUT2D eigenvalue weighted by atomic mass is 16.5. The zero-order chi connectivity index (χ0) is 26.0. The molecule has 208 valence electrons. The average molecular weight is 499 g/mol. The van der Waals surface area contributed by atoms with E-state index in [0.29, 0.717) is 19.6 Å². The van der Waals surface area contributed by atoms with E-state index in [9.17, 15) is 14.7 Å². The van der Waals surface area contributed by atoms with Crippen LogP contribution in [0.15, 0.2) is 0 Å². The second-order valence-corrected chi connectivity index (χ2v) is 10.2. The molecule has 0 radical (unpaired) electrons. The van der Waals surface area contributed by atoms with Gasteiger partial charge >= 0.3 is 0 Å². The molecule has 0 bridgehead atoms. The fourth-order valence-electron chi connectivity index (χ4n) is 4.41. The van der Waals surface area contributed by atoms with Gasteiger partial charge in [0.2, 0.25) is 11.8 Å². The number of ether oxygens (including phenoxy) is 1.